The average molecular weight is 310 g/mol. The summed E-state index contributed by atoms with van der Waals surface area (Å²) < 4.78 is 0. The molecule has 0 saturated carbocycles. The molecule has 0 fully saturated rings. The van der Waals surface area contributed by atoms with Gasteiger partial charge in [0.25, 0.3) is 5.91 Å². The number of rotatable bonds is 5. The van der Waals surface area contributed by atoms with Crippen LogP contribution in [0, 0.1) is 0 Å². The van der Waals surface area contributed by atoms with E-state index in [1.807, 2.05) is 43.3 Å². The number of fused-ring (bicyclic) bond motifs is 1. The zero-order chi connectivity index (χ0) is 16.2. The Morgan fingerprint density at radius 3 is 2.96 bits per heavy atom. The topological polar surface area (TPSA) is 48.5 Å². The van der Waals surface area contributed by atoms with Crippen molar-refractivity contribution in [1.29, 1.82) is 0 Å². The third-order valence-corrected chi connectivity index (χ3v) is 4.01. The van der Waals surface area contributed by atoms with Gasteiger partial charge in [-0.05, 0) is 38.2 Å². The number of carbonyl (C=O) groups excluding carboxylic acids is 1. The van der Waals surface area contributed by atoms with Crippen LogP contribution < -0.4 is 10.2 Å². The average Bonchev–Trinajstić information content (AvgIpc) is 2.98. The molecular formula is C18H22N4O. The molecule has 0 radical (unpaired) electrons. The first-order chi connectivity index (χ1) is 11.1. The lowest BCUT2D eigenvalue weighted by Crippen LogP contribution is -2.29. The van der Waals surface area contributed by atoms with Gasteiger partial charge in [0.2, 0.25) is 0 Å². The second-order valence-corrected chi connectivity index (χ2v) is 6.03. The number of para-hydroxylation sites is 1. The fourth-order valence-corrected chi connectivity index (χ4v) is 2.78. The Morgan fingerprint density at radius 2 is 2.13 bits per heavy atom. The highest BCUT2D eigenvalue weighted by Gasteiger charge is 2.25. The monoisotopic (exact) mass is 310 g/mol. The second kappa shape index (κ2) is 6.79. The molecule has 3 rings (SSSR count). The Kier molecular flexibility index (Phi) is 4.57. The van der Waals surface area contributed by atoms with Gasteiger partial charge in [0.1, 0.15) is 0 Å². The number of amides is 1. The van der Waals surface area contributed by atoms with E-state index in [0.29, 0.717) is 5.56 Å². The molecule has 0 bridgehead atoms. The van der Waals surface area contributed by atoms with Crippen molar-refractivity contribution in [2.75, 3.05) is 43.9 Å². The van der Waals surface area contributed by atoms with Crippen molar-refractivity contribution in [3.05, 3.63) is 53.9 Å². The molecule has 1 N–H and O–H groups in total. The van der Waals surface area contributed by atoms with Crippen LogP contribution in [0.15, 0.2) is 42.7 Å². The summed E-state index contributed by atoms with van der Waals surface area (Å²) in [6.45, 7) is 2.48. The van der Waals surface area contributed by atoms with Crippen LogP contribution in [0.3, 0.4) is 0 Å². The minimum atomic E-state index is 0.0127. The Bertz CT molecular complexity index is 699. The van der Waals surface area contributed by atoms with Gasteiger partial charge in [-0.1, -0.05) is 18.2 Å². The minimum Gasteiger partial charge on any atom is -0.382 e. The molecule has 2 aromatic rings. The Morgan fingerprint density at radius 1 is 1.30 bits per heavy atom. The van der Waals surface area contributed by atoms with Gasteiger partial charge in [-0.15, -0.1) is 0 Å². The van der Waals surface area contributed by atoms with Gasteiger partial charge in [-0.3, -0.25) is 9.78 Å². The van der Waals surface area contributed by atoms with Crippen LogP contribution in [0.25, 0.3) is 0 Å². The number of nitrogens with zero attached hydrogens (tertiary/aromatic N) is 3. The van der Waals surface area contributed by atoms with Gasteiger partial charge >= 0.3 is 0 Å². The Labute approximate surface area is 136 Å². The predicted molar refractivity (Wildman–Crippen MR) is 93.1 cm³/mol. The van der Waals surface area contributed by atoms with Crippen LogP contribution in [0.4, 0.5) is 11.4 Å². The number of nitrogens with one attached hydrogen (secondary N) is 1. The lowest BCUT2D eigenvalue weighted by molar-refractivity contribution is 0.0989. The fraction of sp³-hybridized carbons (Fsp3) is 0.333. The molecule has 1 amide bonds. The van der Waals surface area contributed by atoms with Gasteiger partial charge < -0.3 is 15.1 Å². The van der Waals surface area contributed by atoms with Crippen LogP contribution in [0.2, 0.25) is 0 Å². The summed E-state index contributed by atoms with van der Waals surface area (Å²) >= 11 is 0. The number of anilines is 2. The van der Waals surface area contributed by atoms with Crippen molar-refractivity contribution in [3.8, 4) is 0 Å². The van der Waals surface area contributed by atoms with Crippen molar-refractivity contribution in [2.45, 2.75) is 6.42 Å². The van der Waals surface area contributed by atoms with Gasteiger partial charge in [-0.25, -0.2) is 0 Å². The van der Waals surface area contributed by atoms with Crippen LogP contribution in [0.1, 0.15) is 15.9 Å². The molecule has 2 heterocycles. The highest BCUT2D eigenvalue weighted by Crippen LogP contribution is 2.29. The Balaban J connectivity index is 1.73. The van der Waals surface area contributed by atoms with Crippen LogP contribution in [0.5, 0.6) is 0 Å². The lowest BCUT2D eigenvalue weighted by atomic mass is 10.2. The molecule has 120 valence electrons. The normalized spacial score (nSPS) is 13.3. The highest BCUT2D eigenvalue weighted by molar-refractivity contribution is 6.07. The van der Waals surface area contributed by atoms with E-state index in [1.54, 1.807) is 12.4 Å². The zero-order valence-corrected chi connectivity index (χ0v) is 13.6. The molecule has 0 spiro atoms. The summed E-state index contributed by atoms with van der Waals surface area (Å²) in [5, 5.41) is 3.31. The third-order valence-electron chi connectivity index (χ3n) is 4.01. The van der Waals surface area contributed by atoms with E-state index in [2.05, 4.69) is 21.3 Å². The number of likely N-dealkylation sites (N-methyl/N-ethyl adjacent to an activating group) is 1. The number of hydrogen-bond acceptors (Lipinski definition) is 4. The smallest absolute Gasteiger partial charge is 0.259 e. The standard InChI is InChI=1S/C18H22N4O/c1-21(2)10-8-20-16-11-15(12-19-13-16)18(23)22-9-7-14-5-3-4-6-17(14)22/h3-6,11-13,20H,7-10H2,1-2H3. The third kappa shape index (κ3) is 3.51. The maximum absolute atomic E-state index is 12.8. The molecule has 23 heavy (non-hydrogen) atoms. The first kappa shape index (κ1) is 15.5. The molecular weight excluding hydrogens is 288 g/mol. The molecule has 0 aliphatic carbocycles. The van der Waals surface area contributed by atoms with Crippen molar-refractivity contribution in [2.24, 2.45) is 0 Å². The zero-order valence-electron chi connectivity index (χ0n) is 13.6. The van der Waals surface area contributed by atoms with E-state index in [4.69, 9.17) is 0 Å². The van der Waals surface area contributed by atoms with Gasteiger partial charge in [-0.2, -0.15) is 0 Å². The minimum absolute atomic E-state index is 0.0127. The van der Waals surface area contributed by atoms with Crippen molar-refractivity contribution in [1.82, 2.24) is 9.88 Å². The molecule has 1 aliphatic rings. The number of benzene rings is 1. The van der Waals surface area contributed by atoms with Crippen LogP contribution >= 0.6 is 0 Å². The number of carbonyl (C=O) groups is 1. The van der Waals surface area contributed by atoms with Crippen molar-refractivity contribution >= 4 is 17.3 Å². The molecule has 0 unspecified atom stereocenters. The van der Waals surface area contributed by atoms with E-state index in [9.17, 15) is 4.79 Å². The maximum Gasteiger partial charge on any atom is 0.259 e. The fourth-order valence-electron chi connectivity index (χ4n) is 2.78. The summed E-state index contributed by atoms with van der Waals surface area (Å²) in [7, 11) is 4.06. The summed E-state index contributed by atoms with van der Waals surface area (Å²) in [5.41, 5.74) is 3.75. The van der Waals surface area contributed by atoms with E-state index in [1.165, 1.54) is 5.56 Å². The number of pyridine rings is 1. The van der Waals surface area contributed by atoms with E-state index in [0.717, 1.165) is 37.4 Å². The first-order valence-corrected chi connectivity index (χ1v) is 7.88. The second-order valence-electron chi connectivity index (χ2n) is 6.03. The molecule has 5 heteroatoms. The molecule has 0 saturated heterocycles. The van der Waals surface area contributed by atoms with E-state index < -0.39 is 0 Å². The first-order valence-electron chi connectivity index (χ1n) is 7.88. The van der Waals surface area contributed by atoms with Crippen LogP contribution in [-0.4, -0.2) is 49.5 Å². The molecule has 1 aromatic heterocycles. The largest absolute Gasteiger partial charge is 0.382 e. The quantitative estimate of drug-likeness (QED) is 0.920. The molecule has 0 atom stereocenters. The summed E-state index contributed by atoms with van der Waals surface area (Å²) in [6.07, 6.45) is 4.31. The van der Waals surface area contributed by atoms with Gasteiger partial charge in [0.05, 0.1) is 11.3 Å². The number of hydrogen-bond donors (Lipinski definition) is 1. The van der Waals surface area contributed by atoms with Crippen molar-refractivity contribution in [3.63, 3.8) is 0 Å². The van der Waals surface area contributed by atoms with Gasteiger partial charge in [0.15, 0.2) is 0 Å². The molecule has 5 nitrogen and oxygen atoms in total. The predicted octanol–water partition coefficient (Wildman–Crippen LogP) is 2.26. The van der Waals surface area contributed by atoms with Crippen molar-refractivity contribution < 1.29 is 4.79 Å². The van der Waals surface area contributed by atoms with E-state index in [-0.39, 0.29) is 5.91 Å². The SMILES string of the molecule is CN(C)CCNc1cncc(C(=O)N2CCc3ccccc32)c1. The maximum atomic E-state index is 12.8. The summed E-state index contributed by atoms with van der Waals surface area (Å²) in [5.74, 6) is 0.0127. The molecule has 1 aromatic carbocycles. The summed E-state index contributed by atoms with van der Waals surface area (Å²) in [4.78, 5) is 21.0. The summed E-state index contributed by atoms with van der Waals surface area (Å²) in [6, 6.07) is 9.96. The molecule has 1 aliphatic heterocycles. The van der Waals surface area contributed by atoms with Crippen LogP contribution in [-0.2, 0) is 6.42 Å². The van der Waals surface area contributed by atoms with E-state index >= 15 is 0 Å². The highest BCUT2D eigenvalue weighted by atomic mass is 16.2. The Hall–Kier alpha value is -2.40. The van der Waals surface area contributed by atoms with Gasteiger partial charge in [0, 0.05) is 37.7 Å². The number of aromatic nitrogens is 1. The lowest BCUT2D eigenvalue weighted by Gasteiger charge is -2.18.